The lowest BCUT2D eigenvalue weighted by Crippen LogP contribution is -2.26. The summed E-state index contributed by atoms with van der Waals surface area (Å²) in [5.41, 5.74) is 2.50. The van der Waals surface area contributed by atoms with Crippen LogP contribution in [0.3, 0.4) is 0 Å². The minimum atomic E-state index is -3.74. The molecule has 1 aliphatic heterocycles. The lowest BCUT2D eigenvalue weighted by Gasteiger charge is -2.22. The molecule has 0 aliphatic carbocycles. The summed E-state index contributed by atoms with van der Waals surface area (Å²) in [6, 6.07) is 11.1. The molecule has 174 valence electrons. The largest absolute Gasteiger partial charge is 0.391 e. The molecule has 2 heterocycles. The lowest BCUT2D eigenvalue weighted by molar-refractivity contribution is 0.102. The van der Waals surface area contributed by atoms with E-state index in [0.717, 1.165) is 15.3 Å². The number of aliphatic hydroxyl groups excluding tert-OH is 1. The number of H-pyrrole nitrogens is 1. The lowest BCUT2D eigenvalue weighted by atomic mass is 10.1. The van der Waals surface area contributed by atoms with Crippen molar-refractivity contribution < 1.29 is 18.3 Å². The first kappa shape index (κ1) is 23.0. The second-order valence-electron chi connectivity index (χ2n) is 8.39. The summed E-state index contributed by atoms with van der Waals surface area (Å²) in [5.74, 6) is -0.469. The minimum Gasteiger partial charge on any atom is -0.391 e. The third kappa shape index (κ3) is 4.50. The Balaban J connectivity index is 1.74. The van der Waals surface area contributed by atoms with E-state index in [1.807, 2.05) is 11.8 Å². The number of nitrogens with one attached hydrogen (secondary N) is 2. The molecule has 1 aliphatic rings. The van der Waals surface area contributed by atoms with Crippen molar-refractivity contribution in [1.82, 2.24) is 9.29 Å². The maximum Gasteiger partial charge on any atom is 0.257 e. The van der Waals surface area contributed by atoms with Gasteiger partial charge in [0, 0.05) is 55.5 Å². The van der Waals surface area contributed by atoms with Gasteiger partial charge in [-0.3, -0.25) is 9.59 Å². The third-order valence-corrected chi connectivity index (χ3v) is 7.61. The number of sulfonamides is 1. The molecule has 1 unspecified atom stereocenters. The molecule has 1 amide bonds. The number of aromatic nitrogens is 1. The highest BCUT2D eigenvalue weighted by molar-refractivity contribution is 7.89. The molecule has 0 saturated carbocycles. The third-order valence-electron chi connectivity index (χ3n) is 5.80. The van der Waals surface area contributed by atoms with Crippen LogP contribution in [-0.4, -0.2) is 62.0 Å². The number of aromatic amines is 1. The number of rotatable bonds is 5. The number of nitrogens with zero attached hydrogens (tertiary/aromatic N) is 2. The number of amides is 1. The van der Waals surface area contributed by atoms with E-state index in [9.17, 15) is 23.1 Å². The number of hydrogen-bond acceptors (Lipinski definition) is 6. The maximum absolute atomic E-state index is 13.3. The quantitative estimate of drug-likeness (QED) is 0.524. The monoisotopic (exact) mass is 470 g/mol. The van der Waals surface area contributed by atoms with E-state index in [1.165, 1.54) is 32.3 Å². The van der Waals surface area contributed by atoms with Gasteiger partial charge in [0.25, 0.3) is 5.91 Å². The average molecular weight is 471 g/mol. The molecule has 1 saturated heterocycles. The van der Waals surface area contributed by atoms with E-state index in [4.69, 9.17) is 0 Å². The second kappa shape index (κ2) is 8.62. The van der Waals surface area contributed by atoms with Crippen LogP contribution in [0.2, 0.25) is 0 Å². The van der Waals surface area contributed by atoms with E-state index in [-0.39, 0.29) is 16.0 Å². The molecule has 3 aromatic rings. The van der Waals surface area contributed by atoms with Gasteiger partial charge in [-0.05, 0) is 55.3 Å². The summed E-state index contributed by atoms with van der Waals surface area (Å²) in [4.78, 5) is 29.7. The van der Waals surface area contributed by atoms with Crippen LogP contribution in [0.25, 0.3) is 10.9 Å². The SMILES string of the molecule is Cc1cc(=O)[nH]c2ccc(NC(=O)c3cc(S(=O)(=O)N(C)C)ccc3N3CCC(O)C3)cc12. The predicted octanol–water partition coefficient (Wildman–Crippen LogP) is 1.91. The minimum absolute atomic E-state index is 0.00748. The molecule has 1 atom stereocenters. The van der Waals surface area contributed by atoms with Crippen molar-refractivity contribution in [3.63, 3.8) is 0 Å². The molecule has 0 radical (unpaired) electrons. The van der Waals surface area contributed by atoms with Gasteiger partial charge in [-0.25, -0.2) is 12.7 Å². The summed E-state index contributed by atoms with van der Waals surface area (Å²) in [7, 11) is -0.879. The first-order valence-corrected chi connectivity index (χ1v) is 11.9. The normalized spacial score (nSPS) is 16.5. The van der Waals surface area contributed by atoms with Crippen LogP contribution < -0.4 is 15.8 Å². The first-order valence-electron chi connectivity index (χ1n) is 10.5. The van der Waals surface area contributed by atoms with Crippen molar-refractivity contribution >= 4 is 38.2 Å². The Morgan fingerprint density at radius 1 is 1.18 bits per heavy atom. The number of carbonyl (C=O) groups is 1. The number of carbonyl (C=O) groups excluding carboxylic acids is 1. The number of pyridine rings is 1. The zero-order valence-electron chi connectivity index (χ0n) is 18.6. The van der Waals surface area contributed by atoms with Crippen LogP contribution in [0, 0.1) is 6.92 Å². The molecule has 33 heavy (non-hydrogen) atoms. The van der Waals surface area contributed by atoms with Gasteiger partial charge in [0.1, 0.15) is 0 Å². The summed E-state index contributed by atoms with van der Waals surface area (Å²) >= 11 is 0. The molecular weight excluding hydrogens is 444 g/mol. The van der Waals surface area contributed by atoms with Crippen molar-refractivity contribution in [1.29, 1.82) is 0 Å². The average Bonchev–Trinajstić information content (AvgIpc) is 3.19. The van der Waals surface area contributed by atoms with Crippen LogP contribution in [0.15, 0.2) is 52.2 Å². The molecule has 10 heteroatoms. The fourth-order valence-corrected chi connectivity index (χ4v) is 4.93. The molecule has 1 aromatic heterocycles. The Morgan fingerprint density at radius 2 is 1.94 bits per heavy atom. The Bertz CT molecular complexity index is 1400. The van der Waals surface area contributed by atoms with E-state index in [1.54, 1.807) is 24.3 Å². The van der Waals surface area contributed by atoms with Gasteiger partial charge in [0.15, 0.2) is 0 Å². The number of benzene rings is 2. The standard InChI is InChI=1S/C23H26N4O5S/c1-14-10-22(29)25-20-6-4-15(11-18(14)20)24-23(30)19-12-17(33(31,32)26(2)3)5-7-21(19)27-9-8-16(28)13-27/h4-7,10-12,16,28H,8-9,13H2,1-3H3,(H,24,30)(H,25,29). The highest BCUT2D eigenvalue weighted by atomic mass is 32.2. The summed E-state index contributed by atoms with van der Waals surface area (Å²) in [6.07, 6.45) is 0.0674. The Kier molecular flexibility index (Phi) is 6.00. The van der Waals surface area contributed by atoms with E-state index < -0.39 is 22.0 Å². The second-order valence-corrected chi connectivity index (χ2v) is 10.5. The number of β-amino-alcohol motifs (C(OH)–C–C–N with tert-alkyl or cyclic N) is 1. The van der Waals surface area contributed by atoms with Crippen molar-refractivity contribution in [3.8, 4) is 0 Å². The maximum atomic E-state index is 13.3. The van der Waals surface area contributed by atoms with Crippen LogP contribution in [0.4, 0.5) is 11.4 Å². The molecule has 0 spiro atoms. The number of aryl methyl sites for hydroxylation is 1. The highest BCUT2D eigenvalue weighted by Gasteiger charge is 2.27. The molecule has 3 N–H and O–H groups in total. The van der Waals surface area contributed by atoms with Crippen LogP contribution >= 0.6 is 0 Å². The number of fused-ring (bicyclic) bond motifs is 1. The van der Waals surface area contributed by atoms with Gasteiger partial charge >= 0.3 is 0 Å². The Labute approximate surface area is 191 Å². The van der Waals surface area contributed by atoms with E-state index >= 15 is 0 Å². The molecule has 4 rings (SSSR count). The fraction of sp³-hybridized carbons (Fsp3) is 0.304. The van der Waals surface area contributed by atoms with Crippen LogP contribution in [0.1, 0.15) is 22.3 Å². The van der Waals surface area contributed by atoms with Gasteiger partial charge < -0.3 is 20.3 Å². The number of aliphatic hydroxyl groups is 1. The molecule has 1 fully saturated rings. The zero-order valence-corrected chi connectivity index (χ0v) is 19.4. The highest BCUT2D eigenvalue weighted by Crippen LogP contribution is 2.29. The van der Waals surface area contributed by atoms with Gasteiger partial charge in [0.2, 0.25) is 15.6 Å². The molecule has 0 bridgehead atoms. The zero-order chi connectivity index (χ0) is 23.9. The number of anilines is 2. The topological polar surface area (TPSA) is 123 Å². The van der Waals surface area contributed by atoms with Crippen LogP contribution in [-0.2, 0) is 10.0 Å². The van der Waals surface area contributed by atoms with Crippen molar-refractivity contribution in [2.24, 2.45) is 0 Å². The molecule has 9 nitrogen and oxygen atoms in total. The van der Waals surface area contributed by atoms with Gasteiger partial charge in [-0.15, -0.1) is 0 Å². The van der Waals surface area contributed by atoms with Crippen molar-refractivity contribution in [2.75, 3.05) is 37.4 Å². The molecule has 2 aromatic carbocycles. The summed E-state index contributed by atoms with van der Waals surface area (Å²) < 4.78 is 26.4. The summed E-state index contributed by atoms with van der Waals surface area (Å²) in [5, 5.41) is 13.6. The van der Waals surface area contributed by atoms with Gasteiger partial charge in [-0.2, -0.15) is 0 Å². The fourth-order valence-electron chi connectivity index (χ4n) is 4.00. The summed E-state index contributed by atoms with van der Waals surface area (Å²) in [6.45, 7) is 2.74. The first-order chi connectivity index (χ1) is 15.6. The smallest absolute Gasteiger partial charge is 0.257 e. The Morgan fingerprint density at radius 3 is 2.61 bits per heavy atom. The Hall–Kier alpha value is -3.21. The molecular formula is C23H26N4O5S. The van der Waals surface area contributed by atoms with Crippen molar-refractivity contribution in [3.05, 3.63) is 63.9 Å². The van der Waals surface area contributed by atoms with E-state index in [2.05, 4.69) is 10.3 Å². The van der Waals surface area contributed by atoms with Crippen molar-refractivity contribution in [2.45, 2.75) is 24.3 Å². The van der Waals surface area contributed by atoms with Gasteiger partial charge in [-0.1, -0.05) is 0 Å². The predicted molar refractivity (Wildman–Crippen MR) is 127 cm³/mol. The van der Waals surface area contributed by atoms with E-state index in [0.29, 0.717) is 36.4 Å². The van der Waals surface area contributed by atoms with Crippen LogP contribution in [0.5, 0.6) is 0 Å². The van der Waals surface area contributed by atoms with Gasteiger partial charge in [0.05, 0.1) is 16.6 Å². The number of hydrogen-bond donors (Lipinski definition) is 3.